The van der Waals surface area contributed by atoms with Gasteiger partial charge in [0.25, 0.3) is 0 Å². The average Bonchev–Trinajstić information content (AvgIpc) is 2.59. The maximum atomic E-state index is 11.1. The molecule has 1 heterocycles. The molecular weight excluding hydrogens is 244 g/mol. The van der Waals surface area contributed by atoms with Crippen LogP contribution in [0, 0.1) is 16.7 Å². The second-order valence-corrected chi connectivity index (χ2v) is 7.28. The number of allylic oxidation sites excluding steroid dienone is 1. The average molecular weight is 268 g/mol. The summed E-state index contributed by atoms with van der Waals surface area (Å²) in [5, 5.41) is 31.2. The first-order valence-corrected chi connectivity index (χ1v) is 7.15. The Balaban J connectivity index is 2.24. The first-order chi connectivity index (χ1) is 8.78. The van der Waals surface area contributed by atoms with Crippen molar-refractivity contribution in [2.24, 2.45) is 16.7 Å². The largest absolute Gasteiger partial charge is 0.395 e. The zero-order valence-electron chi connectivity index (χ0n) is 11.9. The molecule has 0 saturated carbocycles. The predicted molar refractivity (Wildman–Crippen MR) is 70.2 cm³/mol. The molecule has 0 aromatic heterocycles. The summed E-state index contributed by atoms with van der Waals surface area (Å²) in [7, 11) is 0. The highest BCUT2D eigenvalue weighted by atomic mass is 16.6. The van der Waals surface area contributed by atoms with Crippen molar-refractivity contribution in [2.45, 2.75) is 51.9 Å². The van der Waals surface area contributed by atoms with E-state index in [1.165, 1.54) is 5.57 Å². The van der Waals surface area contributed by atoms with Gasteiger partial charge in [-0.3, -0.25) is 0 Å². The minimum absolute atomic E-state index is 0.0307. The van der Waals surface area contributed by atoms with Crippen LogP contribution < -0.4 is 0 Å². The molecule has 108 valence electrons. The van der Waals surface area contributed by atoms with Gasteiger partial charge in [0, 0.05) is 5.41 Å². The maximum Gasteiger partial charge on any atom is 0.188 e. The van der Waals surface area contributed by atoms with Crippen LogP contribution in [0.3, 0.4) is 0 Å². The van der Waals surface area contributed by atoms with Gasteiger partial charge >= 0.3 is 0 Å². The number of aliphatic hydroxyl groups is 3. The van der Waals surface area contributed by atoms with Crippen molar-refractivity contribution in [3.63, 3.8) is 0 Å². The molecule has 3 aliphatic rings. The number of hydrogen-bond acceptors (Lipinski definition) is 4. The van der Waals surface area contributed by atoms with E-state index >= 15 is 0 Å². The molecule has 0 bridgehead atoms. The Bertz CT molecular complexity index is 441. The van der Waals surface area contributed by atoms with Crippen LogP contribution in [0.5, 0.6) is 0 Å². The van der Waals surface area contributed by atoms with Crippen LogP contribution in [0.25, 0.3) is 0 Å². The van der Waals surface area contributed by atoms with Gasteiger partial charge in [0.05, 0.1) is 13.2 Å². The fraction of sp³-hybridized carbons (Fsp3) is 0.867. The quantitative estimate of drug-likeness (QED) is 0.625. The van der Waals surface area contributed by atoms with E-state index in [9.17, 15) is 15.3 Å². The SMILES string of the molecule is CC1CCC2=C3C(CO)(COC(O)C31O)CC2(C)C. The van der Waals surface area contributed by atoms with Gasteiger partial charge in [-0.05, 0) is 36.2 Å². The molecule has 3 N–H and O–H groups in total. The third-order valence-corrected chi connectivity index (χ3v) is 5.61. The Morgan fingerprint density at radius 1 is 1.37 bits per heavy atom. The van der Waals surface area contributed by atoms with Crippen molar-refractivity contribution in [2.75, 3.05) is 13.2 Å². The lowest BCUT2D eigenvalue weighted by molar-refractivity contribution is -0.259. The van der Waals surface area contributed by atoms with Crippen LogP contribution in [0.1, 0.15) is 40.0 Å². The highest BCUT2D eigenvalue weighted by Crippen LogP contribution is 2.63. The molecule has 0 aromatic carbocycles. The summed E-state index contributed by atoms with van der Waals surface area (Å²) < 4.78 is 5.45. The molecule has 19 heavy (non-hydrogen) atoms. The van der Waals surface area contributed by atoms with Gasteiger partial charge in [0.15, 0.2) is 6.29 Å². The molecule has 1 aliphatic heterocycles. The fourth-order valence-corrected chi connectivity index (χ4v) is 4.69. The summed E-state index contributed by atoms with van der Waals surface area (Å²) in [4.78, 5) is 0. The third-order valence-electron chi connectivity index (χ3n) is 5.61. The van der Waals surface area contributed by atoms with E-state index in [4.69, 9.17) is 4.74 Å². The van der Waals surface area contributed by atoms with Crippen molar-refractivity contribution in [3.05, 3.63) is 11.1 Å². The van der Waals surface area contributed by atoms with Crippen LogP contribution >= 0.6 is 0 Å². The number of hydrogen-bond donors (Lipinski definition) is 3. The number of ether oxygens (including phenoxy) is 1. The van der Waals surface area contributed by atoms with Crippen molar-refractivity contribution in [1.29, 1.82) is 0 Å². The van der Waals surface area contributed by atoms with Crippen molar-refractivity contribution in [1.82, 2.24) is 0 Å². The van der Waals surface area contributed by atoms with E-state index < -0.39 is 17.3 Å². The number of aliphatic hydroxyl groups excluding tert-OH is 2. The van der Waals surface area contributed by atoms with Crippen LogP contribution in [-0.4, -0.2) is 40.4 Å². The summed E-state index contributed by atoms with van der Waals surface area (Å²) in [5.74, 6) is -0.0543. The molecule has 4 atom stereocenters. The Labute approximate surface area is 114 Å². The second-order valence-electron chi connectivity index (χ2n) is 7.28. The molecule has 4 heteroatoms. The highest BCUT2D eigenvalue weighted by Gasteiger charge is 2.64. The fourth-order valence-electron chi connectivity index (χ4n) is 4.69. The smallest absolute Gasteiger partial charge is 0.188 e. The lowest BCUT2D eigenvalue weighted by atomic mass is 9.63. The van der Waals surface area contributed by atoms with Gasteiger partial charge in [-0.25, -0.2) is 0 Å². The zero-order valence-corrected chi connectivity index (χ0v) is 11.9. The van der Waals surface area contributed by atoms with Gasteiger partial charge in [-0.2, -0.15) is 0 Å². The first kappa shape index (κ1) is 13.6. The van der Waals surface area contributed by atoms with E-state index in [1.807, 2.05) is 6.92 Å². The topological polar surface area (TPSA) is 69.9 Å². The third kappa shape index (κ3) is 1.49. The molecule has 1 saturated heterocycles. The molecule has 0 amide bonds. The molecular formula is C15H24O4. The minimum atomic E-state index is -1.33. The van der Waals surface area contributed by atoms with Gasteiger partial charge in [-0.1, -0.05) is 26.3 Å². The summed E-state index contributed by atoms with van der Waals surface area (Å²) in [6.45, 7) is 6.54. The van der Waals surface area contributed by atoms with Crippen LogP contribution in [0.2, 0.25) is 0 Å². The molecule has 0 aromatic rings. The van der Waals surface area contributed by atoms with Gasteiger partial charge < -0.3 is 20.1 Å². The van der Waals surface area contributed by atoms with Crippen LogP contribution in [0.15, 0.2) is 11.1 Å². The second kappa shape index (κ2) is 3.82. The lowest BCUT2D eigenvalue weighted by Gasteiger charge is -2.52. The van der Waals surface area contributed by atoms with Crippen LogP contribution in [0.4, 0.5) is 0 Å². The van der Waals surface area contributed by atoms with E-state index in [0.717, 1.165) is 24.8 Å². The molecule has 4 unspecified atom stereocenters. The minimum Gasteiger partial charge on any atom is -0.395 e. The van der Waals surface area contributed by atoms with E-state index in [0.29, 0.717) is 6.61 Å². The van der Waals surface area contributed by atoms with E-state index in [-0.39, 0.29) is 17.9 Å². The van der Waals surface area contributed by atoms with Crippen molar-refractivity contribution in [3.8, 4) is 0 Å². The Morgan fingerprint density at radius 3 is 2.68 bits per heavy atom. The molecule has 4 nitrogen and oxygen atoms in total. The van der Waals surface area contributed by atoms with Gasteiger partial charge in [0.1, 0.15) is 5.60 Å². The molecule has 2 aliphatic carbocycles. The normalized spacial score (nSPS) is 48.3. The zero-order chi connectivity index (χ0) is 14.1. The Kier molecular flexibility index (Phi) is 2.72. The monoisotopic (exact) mass is 268 g/mol. The molecule has 1 fully saturated rings. The maximum absolute atomic E-state index is 11.1. The first-order valence-electron chi connectivity index (χ1n) is 7.15. The summed E-state index contributed by atoms with van der Waals surface area (Å²) >= 11 is 0. The summed E-state index contributed by atoms with van der Waals surface area (Å²) in [6, 6.07) is 0. The summed E-state index contributed by atoms with van der Waals surface area (Å²) in [6.07, 6.45) is 1.39. The molecule has 0 radical (unpaired) electrons. The standard InChI is InChI=1S/C15H24O4/c1-9-4-5-10-11-14(7-16,6-13(10,2)3)8-19-12(17)15(9,11)18/h9,12,16-18H,4-8H2,1-3H3. The highest BCUT2D eigenvalue weighted by molar-refractivity contribution is 5.44. The van der Waals surface area contributed by atoms with Gasteiger partial charge in [-0.15, -0.1) is 0 Å². The van der Waals surface area contributed by atoms with Crippen molar-refractivity contribution >= 4 is 0 Å². The Morgan fingerprint density at radius 2 is 2.05 bits per heavy atom. The molecule has 3 rings (SSSR count). The number of rotatable bonds is 1. The van der Waals surface area contributed by atoms with Gasteiger partial charge in [0.2, 0.25) is 0 Å². The van der Waals surface area contributed by atoms with Crippen molar-refractivity contribution < 1.29 is 20.1 Å². The summed E-state index contributed by atoms with van der Waals surface area (Å²) in [5.41, 5.74) is 0.221. The predicted octanol–water partition coefficient (Wildman–Crippen LogP) is 1.20. The Hall–Kier alpha value is -0.420. The van der Waals surface area contributed by atoms with E-state index in [1.54, 1.807) is 0 Å². The molecule has 0 spiro atoms. The lowest BCUT2D eigenvalue weighted by Crippen LogP contribution is -2.61. The van der Waals surface area contributed by atoms with E-state index in [2.05, 4.69) is 13.8 Å². The van der Waals surface area contributed by atoms with Crippen LogP contribution in [-0.2, 0) is 4.74 Å².